The van der Waals surface area contributed by atoms with Crippen LogP contribution in [0, 0.1) is 5.82 Å². The first-order valence-corrected chi connectivity index (χ1v) is 11.4. The summed E-state index contributed by atoms with van der Waals surface area (Å²) < 4.78 is 20.4. The standard InChI is InChI=1S/C21H23Br2FN2O4/c1-21(2,3)30-20(29)25-5-4-13(9-25)26-17-6-12(10-27)16(24)7-14(17)15(11-28)19(23)18(26)8-22/h6-7,13,27H,4-5,8-10H2,1-3H3/t13-/m1/s1. The highest BCUT2D eigenvalue weighted by atomic mass is 79.9. The number of likely N-dealkylation sites (tertiary alicyclic amines) is 1. The molecule has 1 N–H and O–H groups in total. The molecule has 1 aromatic carbocycles. The van der Waals surface area contributed by atoms with E-state index in [9.17, 15) is 19.1 Å². The number of benzene rings is 1. The lowest BCUT2D eigenvalue weighted by molar-refractivity contribution is 0.0292. The Morgan fingerprint density at radius 3 is 2.67 bits per heavy atom. The van der Waals surface area contributed by atoms with E-state index < -0.39 is 18.0 Å². The predicted molar refractivity (Wildman–Crippen MR) is 120 cm³/mol. The minimum atomic E-state index is -0.589. The fourth-order valence-corrected chi connectivity index (χ4v) is 5.28. The van der Waals surface area contributed by atoms with Gasteiger partial charge in [0.1, 0.15) is 17.4 Å². The summed E-state index contributed by atoms with van der Waals surface area (Å²) in [5.41, 5.74) is 1.54. The molecule has 6 nitrogen and oxygen atoms in total. The number of amides is 1. The number of aliphatic hydroxyl groups is 1. The van der Waals surface area contributed by atoms with E-state index in [1.54, 1.807) is 11.0 Å². The molecule has 0 radical (unpaired) electrons. The molecule has 2 aliphatic heterocycles. The molecule has 0 aromatic heterocycles. The number of aliphatic hydroxyl groups excluding tert-OH is 1. The maximum absolute atomic E-state index is 14.4. The van der Waals surface area contributed by atoms with E-state index in [1.807, 2.05) is 31.6 Å². The quantitative estimate of drug-likeness (QED) is 0.451. The number of fused-ring (bicyclic) bond motifs is 1. The van der Waals surface area contributed by atoms with Gasteiger partial charge >= 0.3 is 6.09 Å². The third-order valence-electron chi connectivity index (χ3n) is 5.04. The van der Waals surface area contributed by atoms with Gasteiger partial charge in [-0.3, -0.25) is 0 Å². The van der Waals surface area contributed by atoms with Gasteiger partial charge in [-0.1, -0.05) is 15.9 Å². The summed E-state index contributed by atoms with van der Waals surface area (Å²) in [6.07, 6.45) is 0.288. The number of hydrogen-bond donors (Lipinski definition) is 1. The fraction of sp³-hybridized carbons (Fsp3) is 0.476. The Hall–Kier alpha value is -1.67. The summed E-state index contributed by atoms with van der Waals surface area (Å²) in [5, 5.41) is 9.97. The van der Waals surface area contributed by atoms with Crippen molar-refractivity contribution in [2.24, 2.45) is 0 Å². The summed E-state index contributed by atoms with van der Waals surface area (Å²) in [4.78, 5) is 27.8. The first-order chi connectivity index (χ1) is 14.1. The average Bonchev–Trinajstić information content (AvgIpc) is 3.15. The molecule has 1 amide bonds. The van der Waals surface area contributed by atoms with Crippen LogP contribution in [0.3, 0.4) is 0 Å². The zero-order valence-corrected chi connectivity index (χ0v) is 20.1. The summed E-state index contributed by atoms with van der Waals surface area (Å²) in [6.45, 7) is 5.93. The third-order valence-corrected chi connectivity index (χ3v) is 6.42. The summed E-state index contributed by atoms with van der Waals surface area (Å²) in [5.74, 6) is 1.31. The van der Waals surface area contributed by atoms with Crippen molar-refractivity contribution in [1.29, 1.82) is 0 Å². The number of anilines is 1. The van der Waals surface area contributed by atoms with Crippen LogP contribution in [0.1, 0.15) is 38.3 Å². The molecule has 2 aliphatic rings. The molecule has 0 saturated carbocycles. The molecule has 1 saturated heterocycles. The lowest BCUT2D eigenvalue weighted by Crippen LogP contribution is -2.42. The molecule has 9 heteroatoms. The second kappa shape index (κ2) is 8.83. The smallest absolute Gasteiger partial charge is 0.410 e. The van der Waals surface area contributed by atoms with Crippen LogP contribution < -0.4 is 4.90 Å². The number of carbonyl (C=O) groups is 1. The molecule has 0 bridgehead atoms. The van der Waals surface area contributed by atoms with Crippen molar-refractivity contribution in [3.05, 3.63) is 39.3 Å². The molecule has 0 spiro atoms. The number of nitrogens with zero attached hydrogens (tertiary/aromatic N) is 2. The normalized spacial score (nSPS) is 19.2. The van der Waals surface area contributed by atoms with E-state index in [0.717, 1.165) is 5.70 Å². The van der Waals surface area contributed by atoms with Gasteiger partial charge < -0.3 is 19.6 Å². The molecule has 3 rings (SSSR count). The molecule has 0 unspecified atom stereocenters. The predicted octanol–water partition coefficient (Wildman–Crippen LogP) is 4.36. The molecule has 1 atom stereocenters. The van der Waals surface area contributed by atoms with Crippen molar-refractivity contribution in [2.45, 2.75) is 45.4 Å². The molecule has 1 fully saturated rings. The van der Waals surface area contributed by atoms with Crippen LogP contribution in [0.2, 0.25) is 0 Å². The van der Waals surface area contributed by atoms with Crippen molar-refractivity contribution in [1.82, 2.24) is 4.90 Å². The molecule has 1 aromatic rings. The van der Waals surface area contributed by atoms with Crippen LogP contribution in [0.25, 0.3) is 5.57 Å². The molecule has 30 heavy (non-hydrogen) atoms. The van der Waals surface area contributed by atoms with Gasteiger partial charge in [0, 0.05) is 35.2 Å². The number of allylic oxidation sites excluding steroid dienone is 3. The van der Waals surface area contributed by atoms with Gasteiger partial charge in [0.2, 0.25) is 0 Å². The Morgan fingerprint density at radius 2 is 2.10 bits per heavy atom. The van der Waals surface area contributed by atoms with Gasteiger partial charge in [-0.05, 0) is 55.3 Å². The fourth-order valence-electron chi connectivity index (χ4n) is 3.72. The Bertz CT molecular complexity index is 951. The highest BCUT2D eigenvalue weighted by Crippen LogP contribution is 2.45. The van der Waals surface area contributed by atoms with Gasteiger partial charge in [-0.2, -0.15) is 0 Å². The number of hydrogen-bond acceptors (Lipinski definition) is 5. The van der Waals surface area contributed by atoms with Crippen LogP contribution in [0.4, 0.5) is 14.9 Å². The van der Waals surface area contributed by atoms with E-state index in [0.29, 0.717) is 40.6 Å². The van der Waals surface area contributed by atoms with Gasteiger partial charge in [0.15, 0.2) is 0 Å². The van der Waals surface area contributed by atoms with E-state index in [4.69, 9.17) is 4.74 Å². The SMILES string of the molecule is CC(C)(C)OC(=O)N1CC[C@@H](N2C(CBr)=C(Br)C(=C=O)c3cc(F)c(CO)cc32)C1. The Kier molecular flexibility index (Phi) is 6.77. The summed E-state index contributed by atoms with van der Waals surface area (Å²) in [7, 11) is 0. The maximum atomic E-state index is 14.4. The monoisotopic (exact) mass is 544 g/mol. The molecule has 0 aliphatic carbocycles. The molecule has 162 valence electrons. The van der Waals surface area contributed by atoms with Crippen LogP contribution in [-0.2, 0) is 16.1 Å². The van der Waals surface area contributed by atoms with Crippen molar-refractivity contribution < 1.29 is 23.8 Å². The minimum absolute atomic E-state index is 0.110. The number of carbonyl (C=O) groups excluding carboxylic acids is 2. The highest BCUT2D eigenvalue weighted by molar-refractivity contribution is 9.12. The van der Waals surface area contributed by atoms with Crippen LogP contribution >= 0.6 is 31.9 Å². The van der Waals surface area contributed by atoms with Crippen molar-refractivity contribution in [2.75, 3.05) is 23.3 Å². The van der Waals surface area contributed by atoms with E-state index >= 15 is 0 Å². The van der Waals surface area contributed by atoms with Crippen LogP contribution in [0.15, 0.2) is 22.3 Å². The van der Waals surface area contributed by atoms with Gasteiger partial charge in [-0.15, -0.1) is 0 Å². The number of alkyl halides is 1. The van der Waals surface area contributed by atoms with Crippen LogP contribution in [0.5, 0.6) is 0 Å². The van der Waals surface area contributed by atoms with Crippen molar-refractivity contribution in [3.63, 3.8) is 0 Å². The second-order valence-corrected chi connectivity index (χ2v) is 9.58. The first-order valence-electron chi connectivity index (χ1n) is 9.52. The first kappa shape index (κ1) is 23.0. The summed E-state index contributed by atoms with van der Waals surface area (Å²) in [6, 6.07) is 2.70. The highest BCUT2D eigenvalue weighted by Gasteiger charge is 2.38. The molecule has 2 heterocycles. The summed E-state index contributed by atoms with van der Waals surface area (Å²) >= 11 is 6.95. The van der Waals surface area contributed by atoms with Gasteiger partial charge in [0.05, 0.1) is 28.4 Å². The van der Waals surface area contributed by atoms with Crippen LogP contribution in [-0.4, -0.2) is 52.1 Å². The van der Waals surface area contributed by atoms with E-state index in [2.05, 4.69) is 31.9 Å². The van der Waals surface area contributed by atoms with Gasteiger partial charge in [-0.25, -0.2) is 14.0 Å². The Labute approximate surface area is 191 Å². The topological polar surface area (TPSA) is 70.1 Å². The Morgan fingerprint density at radius 1 is 1.40 bits per heavy atom. The van der Waals surface area contributed by atoms with Crippen molar-refractivity contribution in [3.8, 4) is 0 Å². The third kappa shape index (κ3) is 4.35. The molecular formula is C21H23Br2FN2O4. The minimum Gasteiger partial charge on any atom is -0.444 e. The lowest BCUT2D eigenvalue weighted by atomic mass is 9.95. The maximum Gasteiger partial charge on any atom is 0.410 e. The Balaban J connectivity index is 2.02. The number of halogens is 3. The van der Waals surface area contributed by atoms with E-state index in [1.165, 1.54) is 6.07 Å². The zero-order chi connectivity index (χ0) is 22.2. The largest absolute Gasteiger partial charge is 0.444 e. The molecular weight excluding hydrogens is 523 g/mol. The van der Waals surface area contributed by atoms with Gasteiger partial charge in [0.25, 0.3) is 0 Å². The lowest BCUT2D eigenvalue weighted by Gasteiger charge is -2.38. The van der Waals surface area contributed by atoms with Crippen molar-refractivity contribution >= 4 is 55.2 Å². The average molecular weight is 546 g/mol. The van der Waals surface area contributed by atoms with E-state index in [-0.39, 0.29) is 23.3 Å². The number of rotatable bonds is 3. The second-order valence-electron chi connectivity index (χ2n) is 8.23. The number of ether oxygens (including phenoxy) is 1. The zero-order valence-electron chi connectivity index (χ0n) is 17.0.